The smallest absolute Gasteiger partial charge is 0.118 e. The monoisotopic (exact) mass is 389 g/mol. The van der Waals surface area contributed by atoms with Crippen LogP contribution in [-0.2, 0) is 19.3 Å². The van der Waals surface area contributed by atoms with Crippen LogP contribution < -0.4 is 9.47 Å². The maximum atomic E-state index is 9.67. The van der Waals surface area contributed by atoms with Gasteiger partial charge in [-0.15, -0.1) is 0 Å². The van der Waals surface area contributed by atoms with Crippen LogP contribution in [0.25, 0.3) is 22.3 Å². The van der Waals surface area contributed by atoms with Gasteiger partial charge in [-0.05, 0) is 88.5 Å². The van der Waals surface area contributed by atoms with Gasteiger partial charge in [-0.1, -0.05) is 38.1 Å². The van der Waals surface area contributed by atoms with Crippen LogP contribution in [0.15, 0.2) is 48.5 Å². The highest BCUT2D eigenvalue weighted by molar-refractivity contribution is 5.82. The molecule has 0 heterocycles. The predicted octanol–water partition coefficient (Wildman–Crippen LogP) is 5.50. The first-order chi connectivity index (χ1) is 14.2. The molecule has 0 saturated carbocycles. The second-order valence-corrected chi connectivity index (χ2v) is 6.95. The molecule has 0 unspecified atom stereocenters. The Hall–Kier alpha value is -2.78. The molecule has 0 fully saturated rings. The van der Waals surface area contributed by atoms with Crippen LogP contribution in [0.2, 0.25) is 0 Å². The largest absolute Gasteiger partial charge is 0.497 e. The summed E-state index contributed by atoms with van der Waals surface area (Å²) in [6, 6.07) is 20.0. The number of methoxy groups -OCH3 is 2. The maximum Gasteiger partial charge on any atom is 0.118 e. The average Bonchev–Trinajstić information content (AvgIpc) is 2.78. The van der Waals surface area contributed by atoms with Crippen LogP contribution in [0, 0.1) is 6.07 Å². The summed E-state index contributed by atoms with van der Waals surface area (Å²) in [6.45, 7) is 4.47. The summed E-state index contributed by atoms with van der Waals surface area (Å²) in [5.74, 6) is 1.68. The summed E-state index contributed by atoms with van der Waals surface area (Å²) in [5, 5.41) is 9.67. The summed E-state index contributed by atoms with van der Waals surface area (Å²) < 4.78 is 10.7. The number of hydrogen-bond donors (Lipinski definition) is 1. The van der Waals surface area contributed by atoms with Crippen LogP contribution in [0.5, 0.6) is 11.5 Å². The van der Waals surface area contributed by atoms with Crippen molar-refractivity contribution < 1.29 is 14.6 Å². The van der Waals surface area contributed by atoms with Crippen LogP contribution in [-0.4, -0.2) is 25.9 Å². The highest BCUT2D eigenvalue weighted by atomic mass is 16.5. The van der Waals surface area contributed by atoms with Crippen molar-refractivity contribution in [3.63, 3.8) is 0 Å². The lowest BCUT2D eigenvalue weighted by Crippen LogP contribution is -2.05. The molecule has 1 N–H and O–H groups in total. The molecule has 0 aliphatic carbocycles. The molecule has 29 heavy (non-hydrogen) atoms. The number of aliphatic hydroxyl groups excluding tert-OH is 1. The van der Waals surface area contributed by atoms with Crippen LogP contribution in [0.4, 0.5) is 0 Å². The van der Waals surface area contributed by atoms with Gasteiger partial charge in [0.25, 0.3) is 0 Å². The third-order valence-corrected chi connectivity index (χ3v) is 5.37. The zero-order valence-electron chi connectivity index (χ0n) is 17.7. The maximum absolute atomic E-state index is 9.67. The number of benzene rings is 3. The molecular weight excluding hydrogens is 360 g/mol. The van der Waals surface area contributed by atoms with Crippen molar-refractivity contribution in [2.24, 2.45) is 0 Å². The van der Waals surface area contributed by atoms with E-state index in [0.29, 0.717) is 6.42 Å². The third-order valence-electron chi connectivity index (χ3n) is 5.37. The lowest BCUT2D eigenvalue weighted by molar-refractivity contribution is 0.299. The molecule has 3 aromatic carbocycles. The van der Waals surface area contributed by atoms with E-state index in [1.165, 1.54) is 22.3 Å². The summed E-state index contributed by atoms with van der Waals surface area (Å²) in [5.41, 5.74) is 8.26. The fraction of sp³-hybridized carbons (Fsp3) is 0.308. The summed E-state index contributed by atoms with van der Waals surface area (Å²) in [7, 11) is 3.36. The van der Waals surface area contributed by atoms with E-state index in [4.69, 9.17) is 9.47 Å². The molecular formula is C26H29O3. The molecule has 3 nitrogen and oxygen atoms in total. The summed E-state index contributed by atoms with van der Waals surface area (Å²) in [6.07, 6.45) is 2.38. The van der Waals surface area contributed by atoms with E-state index >= 15 is 0 Å². The second kappa shape index (κ2) is 9.62. The highest BCUT2D eigenvalue weighted by Gasteiger charge is 2.19. The lowest BCUT2D eigenvalue weighted by Gasteiger charge is -2.22. The Morgan fingerprint density at radius 1 is 0.759 bits per heavy atom. The molecule has 3 rings (SSSR count). The van der Waals surface area contributed by atoms with E-state index in [1.807, 2.05) is 24.3 Å². The molecule has 1 radical (unpaired) electrons. The summed E-state index contributed by atoms with van der Waals surface area (Å²) >= 11 is 0. The van der Waals surface area contributed by atoms with Crippen molar-refractivity contribution in [3.05, 3.63) is 71.3 Å². The minimum atomic E-state index is 0.110. The Morgan fingerprint density at radius 2 is 1.28 bits per heavy atom. The van der Waals surface area contributed by atoms with Gasteiger partial charge in [0.2, 0.25) is 0 Å². The minimum absolute atomic E-state index is 0.110. The Balaban J connectivity index is 2.28. The zero-order valence-corrected chi connectivity index (χ0v) is 17.7. The molecule has 3 heteroatoms. The normalized spacial score (nSPS) is 10.8. The zero-order chi connectivity index (χ0) is 20.8. The minimum Gasteiger partial charge on any atom is -0.497 e. The number of rotatable bonds is 8. The molecule has 0 aliphatic heterocycles. The van der Waals surface area contributed by atoms with Crippen molar-refractivity contribution in [3.8, 4) is 33.8 Å². The molecule has 0 aromatic heterocycles. The van der Waals surface area contributed by atoms with Crippen LogP contribution in [0.3, 0.4) is 0 Å². The van der Waals surface area contributed by atoms with Crippen molar-refractivity contribution in [2.75, 3.05) is 20.8 Å². The Morgan fingerprint density at radius 3 is 1.72 bits per heavy atom. The van der Waals surface area contributed by atoms with Gasteiger partial charge in [0, 0.05) is 6.61 Å². The van der Waals surface area contributed by atoms with E-state index in [2.05, 4.69) is 44.2 Å². The van der Waals surface area contributed by atoms with E-state index in [9.17, 15) is 5.11 Å². The molecule has 0 spiro atoms. The fourth-order valence-corrected chi connectivity index (χ4v) is 3.94. The van der Waals surface area contributed by atoms with Crippen molar-refractivity contribution in [1.29, 1.82) is 0 Å². The standard InChI is InChI=1S/C26H29O3/c1-5-23-20(15-16-27)17-25(18-7-11-21(28-3)12-8-18)24(6-2)26(23)19-9-13-22(29-4)14-10-19/h7-14,27H,5-6,15-16H2,1-4H3. The molecule has 0 aliphatic rings. The lowest BCUT2D eigenvalue weighted by atomic mass is 9.82. The molecule has 0 amide bonds. The van der Waals surface area contributed by atoms with Gasteiger partial charge in [0.15, 0.2) is 0 Å². The highest BCUT2D eigenvalue weighted by Crippen LogP contribution is 2.39. The SMILES string of the molecule is CCc1c(CCO)[c]c(-c2ccc(OC)cc2)c(CC)c1-c1ccc(OC)cc1. The quantitative estimate of drug-likeness (QED) is 0.553. The second-order valence-electron chi connectivity index (χ2n) is 6.95. The number of aliphatic hydroxyl groups is 1. The molecule has 3 aromatic rings. The third kappa shape index (κ3) is 4.30. The Labute approximate surface area is 173 Å². The average molecular weight is 390 g/mol. The van der Waals surface area contributed by atoms with Gasteiger partial charge in [-0.3, -0.25) is 0 Å². The molecule has 0 bridgehead atoms. The van der Waals surface area contributed by atoms with E-state index < -0.39 is 0 Å². The van der Waals surface area contributed by atoms with Crippen molar-refractivity contribution in [1.82, 2.24) is 0 Å². The van der Waals surface area contributed by atoms with E-state index in [-0.39, 0.29) is 6.61 Å². The fourth-order valence-electron chi connectivity index (χ4n) is 3.94. The topological polar surface area (TPSA) is 38.7 Å². The first-order valence-corrected chi connectivity index (χ1v) is 10.2. The van der Waals surface area contributed by atoms with Crippen LogP contribution in [0.1, 0.15) is 30.5 Å². The number of hydrogen-bond acceptors (Lipinski definition) is 3. The predicted molar refractivity (Wildman–Crippen MR) is 119 cm³/mol. The van der Waals surface area contributed by atoms with Crippen molar-refractivity contribution in [2.45, 2.75) is 33.1 Å². The van der Waals surface area contributed by atoms with Gasteiger partial charge < -0.3 is 14.6 Å². The molecule has 0 saturated heterocycles. The van der Waals surface area contributed by atoms with E-state index in [1.54, 1.807) is 14.2 Å². The van der Waals surface area contributed by atoms with Crippen LogP contribution >= 0.6 is 0 Å². The number of ether oxygens (including phenoxy) is 2. The van der Waals surface area contributed by atoms with E-state index in [0.717, 1.165) is 41.0 Å². The van der Waals surface area contributed by atoms with Gasteiger partial charge in [-0.2, -0.15) is 0 Å². The first-order valence-electron chi connectivity index (χ1n) is 10.2. The van der Waals surface area contributed by atoms with Crippen molar-refractivity contribution >= 4 is 0 Å². The van der Waals surface area contributed by atoms with Gasteiger partial charge in [0.05, 0.1) is 14.2 Å². The van der Waals surface area contributed by atoms with Gasteiger partial charge in [-0.25, -0.2) is 0 Å². The first kappa shape index (κ1) is 20.9. The molecule has 151 valence electrons. The Bertz CT molecular complexity index is 941. The molecule has 0 atom stereocenters. The summed E-state index contributed by atoms with van der Waals surface area (Å²) in [4.78, 5) is 0. The Kier molecular flexibility index (Phi) is 6.95. The van der Waals surface area contributed by atoms with Gasteiger partial charge in [0.1, 0.15) is 11.5 Å². The van der Waals surface area contributed by atoms with Gasteiger partial charge >= 0.3 is 0 Å².